The van der Waals surface area contributed by atoms with Crippen molar-refractivity contribution in [2.75, 3.05) is 18.1 Å². The number of amides is 2. The van der Waals surface area contributed by atoms with Crippen molar-refractivity contribution < 1.29 is 27.9 Å². The minimum absolute atomic E-state index is 0.0251. The van der Waals surface area contributed by atoms with Gasteiger partial charge in [0.05, 0.1) is 11.4 Å². The summed E-state index contributed by atoms with van der Waals surface area (Å²) in [5.74, 6) is 2.54. The van der Waals surface area contributed by atoms with E-state index in [1.807, 2.05) is 19.9 Å². The second-order valence-corrected chi connectivity index (χ2v) is 21.6. The second-order valence-electron chi connectivity index (χ2n) is 16.1. The lowest BCUT2D eigenvalue weighted by Gasteiger charge is -2.36. The van der Waals surface area contributed by atoms with Gasteiger partial charge in [-0.3, -0.25) is 4.79 Å². The van der Waals surface area contributed by atoms with E-state index in [1.54, 1.807) is 49.9 Å². The number of rotatable bonds is 10. The number of fused-ring (bicyclic) bond motifs is 1. The number of ether oxygens (including phenoxy) is 2. The van der Waals surface area contributed by atoms with Crippen LogP contribution >= 0.6 is 23.2 Å². The summed E-state index contributed by atoms with van der Waals surface area (Å²) in [5, 5.41) is 3.17. The van der Waals surface area contributed by atoms with Gasteiger partial charge in [-0.2, -0.15) is 0 Å². The molecule has 1 aliphatic rings. The van der Waals surface area contributed by atoms with Crippen LogP contribution in [0.15, 0.2) is 42.5 Å². The van der Waals surface area contributed by atoms with Crippen LogP contribution in [-0.2, 0) is 27.8 Å². The summed E-state index contributed by atoms with van der Waals surface area (Å²) in [6.07, 6.45) is 4.91. The molecule has 4 rings (SSSR count). The lowest BCUT2D eigenvalue weighted by molar-refractivity contribution is -0.120. The smallest absolute Gasteiger partial charge is 0.408 e. The van der Waals surface area contributed by atoms with Crippen LogP contribution in [0.3, 0.4) is 0 Å². The van der Waals surface area contributed by atoms with Crippen molar-refractivity contribution in [1.82, 2.24) is 10.3 Å². The van der Waals surface area contributed by atoms with E-state index in [0.29, 0.717) is 35.0 Å². The summed E-state index contributed by atoms with van der Waals surface area (Å²) in [6.45, 7) is 20.3. The van der Waals surface area contributed by atoms with E-state index in [-0.39, 0.29) is 40.5 Å². The molecule has 2 aromatic carbocycles. The molecule has 12 heteroatoms. The number of carbonyl (C=O) groups excluding carboxylic acids is 2. The van der Waals surface area contributed by atoms with E-state index in [0.717, 1.165) is 11.1 Å². The van der Waals surface area contributed by atoms with Gasteiger partial charge in [-0.15, -0.1) is 6.42 Å². The largest absolute Gasteiger partial charge is 0.530 e. The highest BCUT2D eigenvalue weighted by Crippen LogP contribution is 2.45. The fraction of sp³-hybridized carbons (Fsp3) is 0.462. The van der Waals surface area contributed by atoms with Gasteiger partial charge in [0, 0.05) is 40.4 Å². The molecule has 1 aliphatic heterocycles. The van der Waals surface area contributed by atoms with E-state index in [4.69, 9.17) is 48.5 Å². The van der Waals surface area contributed by atoms with Gasteiger partial charge in [-0.1, -0.05) is 75.9 Å². The first-order valence-electron chi connectivity index (χ1n) is 16.8. The predicted molar refractivity (Wildman–Crippen MR) is 204 cm³/mol. The van der Waals surface area contributed by atoms with E-state index in [1.165, 1.54) is 12.1 Å². The Hall–Kier alpha value is -3.78. The van der Waals surface area contributed by atoms with Gasteiger partial charge in [0.15, 0.2) is 0 Å². The molecule has 1 aromatic heterocycles. The minimum Gasteiger partial charge on any atom is -0.530 e. The van der Waals surface area contributed by atoms with Crippen LogP contribution in [0, 0.1) is 18.2 Å². The quantitative estimate of drug-likeness (QED) is 0.164. The highest BCUT2D eigenvalue weighted by Gasteiger charge is 2.45. The third-order valence-electron chi connectivity index (χ3n) is 9.09. The number of hydrogen-bond acceptors (Lipinski definition) is 6. The van der Waals surface area contributed by atoms with Gasteiger partial charge in [0.1, 0.15) is 29.8 Å². The number of benzene rings is 2. The van der Waals surface area contributed by atoms with Crippen molar-refractivity contribution in [2.24, 2.45) is 0 Å². The lowest BCUT2D eigenvalue weighted by Crippen LogP contribution is -2.51. The molecule has 274 valence electrons. The van der Waals surface area contributed by atoms with Crippen molar-refractivity contribution in [3.63, 3.8) is 0 Å². The van der Waals surface area contributed by atoms with Crippen LogP contribution in [0.2, 0.25) is 28.2 Å². The van der Waals surface area contributed by atoms with Crippen LogP contribution in [0.4, 0.5) is 14.9 Å². The Bertz CT molecular complexity index is 1810. The number of alkyl carbamates (subject to hydrolysis) is 1. The van der Waals surface area contributed by atoms with Gasteiger partial charge >= 0.3 is 6.09 Å². The van der Waals surface area contributed by atoms with Crippen molar-refractivity contribution in [3.05, 3.63) is 80.7 Å². The molecule has 1 atom stereocenters. The topological polar surface area (TPSA) is 90.0 Å². The average molecular weight is 757 g/mol. The third-order valence-corrected chi connectivity index (χ3v) is 14.1. The fourth-order valence-electron chi connectivity index (χ4n) is 5.44. The molecule has 2 amide bonds. The zero-order valence-electron chi connectivity index (χ0n) is 31.1. The van der Waals surface area contributed by atoms with Crippen molar-refractivity contribution in [2.45, 2.75) is 103 Å². The number of carbonyl (C=O) groups is 2. The number of pyridine rings is 1. The molecule has 1 N–H and O–H groups in total. The number of nitrogens with one attached hydrogen (secondary N) is 1. The number of anilines is 1. The van der Waals surface area contributed by atoms with Crippen LogP contribution < -0.4 is 19.4 Å². The Kier molecular flexibility index (Phi) is 11.8. The number of halogens is 3. The molecule has 0 bridgehead atoms. The summed E-state index contributed by atoms with van der Waals surface area (Å²) in [4.78, 5) is 34.7. The standard InChI is InChI=1S/C39H48Cl2FN3O5Si/c1-12-17-48-27-20-29(40)28(30(41)21-27)22-31(43-36(47)49-37(2,3)4)35(46)45-23-39(8,9)33-32(45)19-25(18-24-13-15-26(42)16-14-24)34(44-33)50-51(10,11)38(5,6)7/h1,13-16,19-21,31H,17-18,22-23H2,2-11H3,(H,43,47)/t31-/m0/s1. The molecule has 0 radical (unpaired) electrons. The first kappa shape index (κ1) is 40.0. The van der Waals surface area contributed by atoms with Gasteiger partial charge < -0.3 is 24.1 Å². The number of nitrogens with zero attached hydrogens (tertiary/aromatic N) is 2. The van der Waals surface area contributed by atoms with E-state index in [9.17, 15) is 14.0 Å². The molecule has 0 aliphatic carbocycles. The Labute approximate surface area is 312 Å². The van der Waals surface area contributed by atoms with E-state index < -0.39 is 37.4 Å². The maximum absolute atomic E-state index is 14.7. The van der Waals surface area contributed by atoms with Crippen LogP contribution in [0.25, 0.3) is 0 Å². The van der Waals surface area contributed by atoms with E-state index >= 15 is 0 Å². The molecule has 0 unspecified atom stereocenters. The zero-order chi connectivity index (χ0) is 38.1. The van der Waals surface area contributed by atoms with Crippen LogP contribution in [0.1, 0.15) is 77.8 Å². The molecule has 8 nitrogen and oxygen atoms in total. The first-order valence-corrected chi connectivity index (χ1v) is 20.5. The zero-order valence-corrected chi connectivity index (χ0v) is 33.6. The first-order chi connectivity index (χ1) is 23.5. The highest BCUT2D eigenvalue weighted by molar-refractivity contribution is 6.74. The molecular weight excluding hydrogens is 708 g/mol. The molecule has 0 saturated heterocycles. The summed E-state index contributed by atoms with van der Waals surface area (Å²) in [5.41, 5.74) is 1.94. The molecule has 0 spiro atoms. The summed E-state index contributed by atoms with van der Waals surface area (Å²) in [6, 6.07) is 10.2. The Morgan fingerprint density at radius 3 is 2.24 bits per heavy atom. The van der Waals surface area contributed by atoms with E-state index in [2.05, 4.69) is 45.1 Å². The maximum Gasteiger partial charge on any atom is 0.408 e. The summed E-state index contributed by atoms with van der Waals surface area (Å²) >= 11 is 13.3. The van der Waals surface area contributed by atoms with Gasteiger partial charge in [-0.25, -0.2) is 14.2 Å². The monoisotopic (exact) mass is 755 g/mol. The summed E-state index contributed by atoms with van der Waals surface area (Å²) in [7, 11) is -2.35. The Morgan fingerprint density at radius 2 is 1.69 bits per heavy atom. The predicted octanol–water partition coefficient (Wildman–Crippen LogP) is 9.27. The van der Waals surface area contributed by atoms with Crippen LogP contribution in [-0.4, -0.2) is 50.1 Å². The molecule has 51 heavy (non-hydrogen) atoms. The molecule has 0 saturated carbocycles. The molecule has 0 fully saturated rings. The normalized spacial score (nSPS) is 14.7. The van der Waals surface area contributed by atoms with Gasteiger partial charge in [0.2, 0.25) is 11.8 Å². The number of terminal acetylenes is 1. The lowest BCUT2D eigenvalue weighted by atomic mass is 9.91. The Morgan fingerprint density at radius 1 is 1.08 bits per heavy atom. The fourth-order valence-corrected chi connectivity index (χ4v) is 7.03. The maximum atomic E-state index is 14.7. The van der Waals surface area contributed by atoms with Crippen molar-refractivity contribution in [1.29, 1.82) is 0 Å². The second kappa shape index (κ2) is 15.1. The number of hydrogen-bond donors (Lipinski definition) is 1. The summed E-state index contributed by atoms with van der Waals surface area (Å²) < 4.78 is 31.7. The van der Waals surface area contributed by atoms with Crippen molar-refractivity contribution >= 4 is 49.2 Å². The van der Waals surface area contributed by atoms with Crippen molar-refractivity contribution in [3.8, 4) is 24.0 Å². The average Bonchev–Trinajstić information content (AvgIpc) is 3.25. The van der Waals surface area contributed by atoms with Crippen LogP contribution in [0.5, 0.6) is 11.6 Å². The highest BCUT2D eigenvalue weighted by atomic mass is 35.5. The molecular formula is C39H48Cl2FN3O5Si. The number of aromatic nitrogens is 1. The molecule has 3 aromatic rings. The van der Waals surface area contributed by atoms with Gasteiger partial charge in [-0.05, 0) is 80.4 Å². The molecule has 2 heterocycles. The van der Waals surface area contributed by atoms with Gasteiger partial charge in [0.25, 0.3) is 8.32 Å². The minimum atomic E-state index is -2.35. The SMILES string of the molecule is C#CCOc1cc(Cl)c(C[C@H](NC(=O)OC(C)(C)C)C(=O)N2CC(C)(C)c3nc(O[Si](C)(C)C(C)(C)C)c(Cc4ccc(F)cc4)cc32)c(Cl)c1. The third kappa shape index (κ3) is 9.76. The Balaban J connectivity index is 1.81.